The van der Waals surface area contributed by atoms with Crippen LogP contribution in [0, 0.1) is 0 Å². The molecule has 1 fully saturated rings. The molecule has 1 aromatic heterocycles. The van der Waals surface area contributed by atoms with Crippen LogP contribution in [0.1, 0.15) is 12.0 Å². The molecule has 0 unspecified atom stereocenters. The Hall–Kier alpha value is -1.98. The molecular formula is C16H19N3O2. The van der Waals surface area contributed by atoms with Crippen molar-refractivity contribution in [3.8, 4) is 0 Å². The summed E-state index contributed by atoms with van der Waals surface area (Å²) >= 11 is 0. The van der Waals surface area contributed by atoms with Crippen LogP contribution in [0.25, 0.3) is 10.9 Å². The zero-order valence-electron chi connectivity index (χ0n) is 11.8. The summed E-state index contributed by atoms with van der Waals surface area (Å²) in [6.07, 6.45) is 2.81. The second-order valence-electron chi connectivity index (χ2n) is 5.62. The quantitative estimate of drug-likeness (QED) is 0.743. The third-order valence-electron chi connectivity index (χ3n) is 4.03. The maximum Gasteiger partial charge on any atom is 0.305 e. The molecule has 1 aromatic carbocycles. The summed E-state index contributed by atoms with van der Waals surface area (Å²) in [4.78, 5) is 15.4. The molecule has 0 amide bonds. The second kappa shape index (κ2) is 5.79. The number of para-hydroxylation sites is 1. The number of rotatable bonds is 6. The maximum absolute atomic E-state index is 10.9. The molecule has 1 aliphatic heterocycles. The van der Waals surface area contributed by atoms with E-state index in [4.69, 9.17) is 5.11 Å². The average molecular weight is 285 g/mol. The molecule has 2 aromatic rings. The van der Waals surface area contributed by atoms with Crippen LogP contribution >= 0.6 is 0 Å². The smallest absolute Gasteiger partial charge is 0.305 e. The van der Waals surface area contributed by atoms with Crippen LogP contribution in [0.4, 0.5) is 0 Å². The third kappa shape index (κ3) is 3.04. The fourth-order valence-corrected chi connectivity index (χ4v) is 2.86. The van der Waals surface area contributed by atoms with E-state index in [-0.39, 0.29) is 12.0 Å². The Morgan fingerprint density at radius 1 is 1.33 bits per heavy atom. The van der Waals surface area contributed by atoms with Gasteiger partial charge in [-0.3, -0.25) is 9.78 Å². The first kappa shape index (κ1) is 14.0. The molecule has 5 nitrogen and oxygen atoms in total. The molecule has 3 rings (SSSR count). The standard InChI is InChI=1S/C16H19N3O2/c20-14(21)9-16(10-17-11-16)19-8-6-13-4-1-3-12-5-2-7-18-15(12)13/h1-5,7,17,19H,6,8-11H2,(H,20,21). The van der Waals surface area contributed by atoms with Gasteiger partial charge in [-0.2, -0.15) is 0 Å². The summed E-state index contributed by atoms with van der Waals surface area (Å²) in [6.45, 7) is 2.19. The van der Waals surface area contributed by atoms with Gasteiger partial charge in [0.1, 0.15) is 0 Å². The molecule has 0 atom stereocenters. The van der Waals surface area contributed by atoms with Crippen molar-refractivity contribution in [1.29, 1.82) is 0 Å². The summed E-state index contributed by atoms with van der Waals surface area (Å²) in [5.41, 5.74) is 1.93. The molecule has 1 saturated heterocycles. The number of carboxylic acid groups (broad SMARTS) is 1. The van der Waals surface area contributed by atoms with E-state index < -0.39 is 5.97 Å². The summed E-state index contributed by atoms with van der Waals surface area (Å²) in [7, 11) is 0. The number of nitrogens with zero attached hydrogens (tertiary/aromatic N) is 1. The van der Waals surface area contributed by atoms with Crippen molar-refractivity contribution in [3.05, 3.63) is 42.1 Å². The lowest BCUT2D eigenvalue weighted by molar-refractivity contribution is -0.139. The lowest BCUT2D eigenvalue weighted by atomic mass is 9.88. The summed E-state index contributed by atoms with van der Waals surface area (Å²) in [5, 5.41) is 16.7. The minimum atomic E-state index is -0.754. The van der Waals surface area contributed by atoms with E-state index in [1.807, 2.05) is 12.1 Å². The van der Waals surface area contributed by atoms with Gasteiger partial charge >= 0.3 is 5.97 Å². The van der Waals surface area contributed by atoms with Crippen LogP contribution in [-0.2, 0) is 11.2 Å². The molecule has 2 heterocycles. The van der Waals surface area contributed by atoms with E-state index in [1.54, 1.807) is 6.20 Å². The molecule has 0 bridgehead atoms. The van der Waals surface area contributed by atoms with Crippen LogP contribution in [-0.4, -0.2) is 41.2 Å². The number of hydrogen-bond acceptors (Lipinski definition) is 4. The minimum absolute atomic E-state index is 0.161. The van der Waals surface area contributed by atoms with Gasteiger partial charge in [0.25, 0.3) is 0 Å². The first-order valence-electron chi connectivity index (χ1n) is 7.19. The van der Waals surface area contributed by atoms with Crippen molar-refractivity contribution in [2.24, 2.45) is 0 Å². The number of carboxylic acids is 1. The van der Waals surface area contributed by atoms with Crippen molar-refractivity contribution in [1.82, 2.24) is 15.6 Å². The van der Waals surface area contributed by atoms with Gasteiger partial charge in [0, 0.05) is 24.7 Å². The number of aliphatic carboxylic acids is 1. The first-order valence-corrected chi connectivity index (χ1v) is 7.19. The molecule has 0 saturated carbocycles. The minimum Gasteiger partial charge on any atom is -0.481 e. The van der Waals surface area contributed by atoms with Crippen LogP contribution in [0.3, 0.4) is 0 Å². The molecule has 0 spiro atoms. The van der Waals surface area contributed by atoms with Gasteiger partial charge in [-0.1, -0.05) is 24.3 Å². The number of nitrogens with one attached hydrogen (secondary N) is 2. The molecule has 110 valence electrons. The highest BCUT2D eigenvalue weighted by atomic mass is 16.4. The fraction of sp³-hybridized carbons (Fsp3) is 0.375. The van der Waals surface area contributed by atoms with E-state index in [9.17, 15) is 4.79 Å². The Morgan fingerprint density at radius 3 is 2.86 bits per heavy atom. The Labute approximate surface area is 123 Å². The van der Waals surface area contributed by atoms with E-state index >= 15 is 0 Å². The van der Waals surface area contributed by atoms with Crippen LogP contribution in [0.15, 0.2) is 36.5 Å². The Morgan fingerprint density at radius 2 is 2.14 bits per heavy atom. The predicted octanol–water partition coefficient (Wildman–Crippen LogP) is 1.18. The van der Waals surface area contributed by atoms with Crippen molar-refractivity contribution in [3.63, 3.8) is 0 Å². The number of carbonyl (C=O) groups is 1. The van der Waals surface area contributed by atoms with Gasteiger partial charge in [0.2, 0.25) is 0 Å². The zero-order valence-corrected chi connectivity index (χ0v) is 11.8. The lowest BCUT2D eigenvalue weighted by Gasteiger charge is -2.42. The monoisotopic (exact) mass is 285 g/mol. The van der Waals surface area contributed by atoms with Crippen molar-refractivity contribution < 1.29 is 9.90 Å². The largest absolute Gasteiger partial charge is 0.481 e. The van der Waals surface area contributed by atoms with Crippen LogP contribution < -0.4 is 10.6 Å². The zero-order chi connectivity index (χ0) is 14.7. The first-order chi connectivity index (χ1) is 10.2. The molecular weight excluding hydrogens is 266 g/mol. The van der Waals surface area contributed by atoms with Gasteiger partial charge in [-0.15, -0.1) is 0 Å². The molecule has 0 radical (unpaired) electrons. The summed E-state index contributed by atoms with van der Waals surface area (Å²) in [6, 6.07) is 10.2. The molecule has 3 N–H and O–H groups in total. The lowest BCUT2D eigenvalue weighted by Crippen LogP contribution is -2.68. The SMILES string of the molecule is O=C(O)CC1(NCCc2cccc3cccnc23)CNC1. The highest BCUT2D eigenvalue weighted by Crippen LogP contribution is 2.18. The highest BCUT2D eigenvalue weighted by molar-refractivity contribution is 5.81. The van der Waals surface area contributed by atoms with Gasteiger partial charge in [-0.25, -0.2) is 0 Å². The van der Waals surface area contributed by atoms with Gasteiger partial charge in [0.15, 0.2) is 0 Å². The van der Waals surface area contributed by atoms with Crippen molar-refractivity contribution in [2.75, 3.05) is 19.6 Å². The molecule has 0 aliphatic carbocycles. The van der Waals surface area contributed by atoms with Crippen LogP contribution in [0.5, 0.6) is 0 Å². The summed E-state index contributed by atoms with van der Waals surface area (Å²) < 4.78 is 0. The number of pyridine rings is 1. The fourth-order valence-electron chi connectivity index (χ4n) is 2.86. The summed E-state index contributed by atoms with van der Waals surface area (Å²) in [5.74, 6) is -0.754. The maximum atomic E-state index is 10.9. The second-order valence-corrected chi connectivity index (χ2v) is 5.62. The Bertz CT molecular complexity index is 648. The molecule has 21 heavy (non-hydrogen) atoms. The topological polar surface area (TPSA) is 74.2 Å². The van der Waals surface area contributed by atoms with E-state index in [0.29, 0.717) is 13.1 Å². The van der Waals surface area contributed by atoms with Gasteiger partial charge < -0.3 is 15.7 Å². The van der Waals surface area contributed by atoms with Crippen molar-refractivity contribution >= 4 is 16.9 Å². The predicted molar refractivity (Wildman–Crippen MR) is 81.3 cm³/mol. The van der Waals surface area contributed by atoms with Gasteiger partial charge in [-0.05, 0) is 24.6 Å². The molecule has 5 heteroatoms. The Kier molecular flexibility index (Phi) is 3.86. The van der Waals surface area contributed by atoms with E-state index in [2.05, 4.69) is 33.8 Å². The normalized spacial score (nSPS) is 16.6. The number of fused-ring (bicyclic) bond motifs is 1. The van der Waals surface area contributed by atoms with E-state index in [0.717, 1.165) is 23.9 Å². The number of aromatic nitrogens is 1. The third-order valence-corrected chi connectivity index (χ3v) is 4.03. The number of benzene rings is 1. The highest BCUT2D eigenvalue weighted by Gasteiger charge is 2.38. The van der Waals surface area contributed by atoms with Gasteiger partial charge in [0.05, 0.1) is 17.5 Å². The number of hydrogen-bond donors (Lipinski definition) is 3. The Balaban J connectivity index is 1.65. The van der Waals surface area contributed by atoms with Crippen molar-refractivity contribution in [2.45, 2.75) is 18.4 Å². The van der Waals surface area contributed by atoms with Crippen LogP contribution in [0.2, 0.25) is 0 Å². The van der Waals surface area contributed by atoms with E-state index in [1.165, 1.54) is 5.56 Å². The molecule has 1 aliphatic rings. The average Bonchev–Trinajstić information content (AvgIpc) is 2.44.